The first-order valence-corrected chi connectivity index (χ1v) is 19.8. The van der Waals surface area contributed by atoms with E-state index >= 15 is 0 Å². The van der Waals surface area contributed by atoms with E-state index in [-0.39, 0.29) is 67.6 Å². The van der Waals surface area contributed by atoms with Crippen molar-refractivity contribution in [1.29, 1.82) is 0 Å². The normalized spacial score (nSPS) is 16.4. The second-order valence-corrected chi connectivity index (χ2v) is 15.8. The van der Waals surface area contributed by atoms with Crippen LogP contribution in [-0.4, -0.2) is 75.2 Å². The summed E-state index contributed by atoms with van der Waals surface area (Å²) in [7, 11) is -13.0. The number of benzene rings is 5. The average molecular weight is 900 g/mol. The maximum Gasteiger partial charge on any atom is 0.344 e. The van der Waals surface area contributed by atoms with Crippen LogP contribution in [0.2, 0.25) is 0 Å². The number of rotatable bonds is 10. The number of aromatic hydroxyl groups is 2. The molecule has 0 saturated heterocycles. The minimum atomic E-state index is -4.92. The molecule has 0 aromatic heterocycles. The van der Waals surface area contributed by atoms with Crippen molar-refractivity contribution in [3.05, 3.63) is 89.6 Å². The molecule has 1 radical (unpaired) electrons. The minimum absolute atomic E-state index is 0. The topological polar surface area (TPSA) is 326 Å². The van der Waals surface area contributed by atoms with E-state index in [4.69, 9.17) is 17.9 Å². The number of hydrogen-bond acceptors (Lipinski definition) is 18. The average Bonchev–Trinajstić information content (AvgIpc) is 3.57. The van der Waals surface area contributed by atoms with E-state index in [0.717, 1.165) is 36.4 Å². The van der Waals surface area contributed by atoms with Gasteiger partial charge < -0.3 is 38.3 Å². The Hall–Kier alpha value is -6.00. The number of phenols is 2. The summed E-state index contributed by atoms with van der Waals surface area (Å²) in [6, 6.07) is 12.8. The Bertz CT molecular complexity index is 2950. The van der Waals surface area contributed by atoms with Crippen molar-refractivity contribution in [3.63, 3.8) is 0 Å². The van der Waals surface area contributed by atoms with Crippen molar-refractivity contribution in [3.8, 4) is 17.2 Å². The molecule has 0 spiro atoms. The van der Waals surface area contributed by atoms with Crippen molar-refractivity contribution >= 4 is 86.9 Å². The molecule has 0 saturated carbocycles. The zero-order valence-electron chi connectivity index (χ0n) is 28.7. The van der Waals surface area contributed by atoms with Crippen LogP contribution in [0.4, 0.5) is 28.4 Å². The number of azo groups is 3. The van der Waals surface area contributed by atoms with Gasteiger partial charge in [0.1, 0.15) is 44.3 Å². The number of nitrogens with zero attached hydrogens (tertiary/aromatic N) is 9. The van der Waals surface area contributed by atoms with Crippen LogP contribution in [0.5, 0.6) is 17.2 Å². The standard InChI is InChI=1S/C32H24N10O12S3.Cu/c1-33-30-31(34-2)36-32(35-30)42-38-19-9-10-20(18-12-16(55(45,46)47)7-8-17(18)19)37-40-22-13-23(43)21(14-24(22)54-3)39-41-28-26(57(51,52)53)11-15-5-4-6-25(56(48,49)50)27(15)29(28)44;/h4-14,30,32,35,43-44,51-53H,3H3,(H,45,46,47)(H,48,49,50);. The molecule has 8 N–H and O–H groups in total. The second kappa shape index (κ2) is 16.5. The largest absolute Gasteiger partial charge is 0.506 e. The fraction of sp³-hybridized carbons (Fsp3) is 0.0938. The predicted molar refractivity (Wildman–Crippen MR) is 202 cm³/mol. The summed E-state index contributed by atoms with van der Waals surface area (Å²) < 4.78 is 103. The van der Waals surface area contributed by atoms with Gasteiger partial charge in [0.05, 0.1) is 28.3 Å². The van der Waals surface area contributed by atoms with Crippen LogP contribution in [0.1, 0.15) is 0 Å². The Balaban J connectivity index is 0.00000641. The van der Waals surface area contributed by atoms with Gasteiger partial charge >= 0.3 is 12.0 Å². The third-order valence-corrected chi connectivity index (χ3v) is 10.6. The Morgan fingerprint density at radius 3 is 2.03 bits per heavy atom. The molecular formula is C32H24CuN10O12S3. The van der Waals surface area contributed by atoms with Crippen LogP contribution in [0.25, 0.3) is 31.2 Å². The van der Waals surface area contributed by atoms with Gasteiger partial charge in [-0.2, -0.15) is 22.2 Å². The first-order valence-electron chi connectivity index (χ1n) is 15.4. The van der Waals surface area contributed by atoms with Crippen molar-refractivity contribution in [1.82, 2.24) is 5.32 Å². The Morgan fingerprint density at radius 2 is 1.43 bits per heavy atom. The summed E-state index contributed by atoms with van der Waals surface area (Å²) in [6.45, 7) is 14.4. The quantitative estimate of drug-likeness (QED) is 0.0287. The number of nitrogens with one attached hydrogen (secondary N) is 1. The van der Waals surface area contributed by atoms with Crippen LogP contribution in [-0.2, 0) is 37.3 Å². The molecule has 6 rings (SSSR count). The molecule has 0 bridgehead atoms. The third-order valence-electron chi connectivity index (χ3n) is 7.98. The van der Waals surface area contributed by atoms with Gasteiger partial charge in [-0.15, -0.1) is 35.7 Å². The molecule has 5 aromatic rings. The monoisotopic (exact) mass is 899 g/mol. The van der Waals surface area contributed by atoms with Crippen molar-refractivity contribution < 1.29 is 71.6 Å². The van der Waals surface area contributed by atoms with Gasteiger partial charge in [-0.05, 0) is 41.8 Å². The SMILES string of the molecule is [C-]#[N+]C1=NC(N=Nc2ccc(N=Nc3cc(O)c(N=Nc4c(S(O)(O)O)cc5cccc(S(=O)(=O)O)c5c4O)cc3OC)c3cc(S(=O)(=O)O)ccc23)NC1[N+]#[C-].[Cu]. The van der Waals surface area contributed by atoms with Gasteiger partial charge in [0.15, 0.2) is 5.75 Å². The first-order chi connectivity index (χ1) is 26.8. The van der Waals surface area contributed by atoms with Crippen LogP contribution in [0, 0.1) is 13.1 Å². The molecule has 5 aromatic carbocycles. The van der Waals surface area contributed by atoms with Crippen LogP contribution >= 0.6 is 10.9 Å². The van der Waals surface area contributed by atoms with Crippen molar-refractivity contribution in [2.75, 3.05) is 7.11 Å². The summed E-state index contributed by atoms with van der Waals surface area (Å²) in [5, 5.41) is 48.4. The molecule has 1 aliphatic rings. The first kappa shape index (κ1) is 43.1. The van der Waals surface area contributed by atoms with E-state index < -0.39 is 80.8 Å². The summed E-state index contributed by atoms with van der Waals surface area (Å²) in [4.78, 5) is 8.41. The molecule has 2 unspecified atom stereocenters. The van der Waals surface area contributed by atoms with Gasteiger partial charge in [-0.25, -0.2) is 6.57 Å². The summed E-state index contributed by atoms with van der Waals surface area (Å²) >= 11 is 0. The smallest absolute Gasteiger partial charge is 0.344 e. The molecule has 0 aliphatic carbocycles. The van der Waals surface area contributed by atoms with Gasteiger partial charge in [-0.1, -0.05) is 24.8 Å². The zero-order valence-corrected chi connectivity index (χ0v) is 32.1. The van der Waals surface area contributed by atoms with E-state index in [1.54, 1.807) is 0 Å². The Morgan fingerprint density at radius 1 is 0.759 bits per heavy atom. The van der Waals surface area contributed by atoms with E-state index in [1.807, 2.05) is 0 Å². The molecule has 26 heteroatoms. The van der Waals surface area contributed by atoms with E-state index in [2.05, 4.69) is 50.7 Å². The number of fused-ring (bicyclic) bond motifs is 2. The molecule has 1 heterocycles. The molecule has 1 aliphatic heterocycles. The molecule has 0 amide bonds. The van der Waals surface area contributed by atoms with E-state index in [0.29, 0.717) is 0 Å². The number of aliphatic imine (C=N–C) groups is 1. The van der Waals surface area contributed by atoms with Crippen LogP contribution < -0.4 is 10.1 Å². The second-order valence-electron chi connectivity index (χ2n) is 11.5. The maximum atomic E-state index is 12.0. The maximum absolute atomic E-state index is 12.0. The number of methoxy groups -OCH3 is 1. The summed E-state index contributed by atoms with van der Waals surface area (Å²) in [6.07, 6.45) is -2.05. The number of hydrogen-bond donors (Lipinski definition) is 8. The number of ether oxygens (including phenoxy) is 1. The third kappa shape index (κ3) is 8.77. The summed E-state index contributed by atoms with van der Waals surface area (Å²) in [5.74, 6) is -1.84. The number of phenolic OH excluding ortho intramolecular Hbond substituents is 2. The van der Waals surface area contributed by atoms with E-state index in [9.17, 15) is 49.8 Å². The fourth-order valence-electron chi connectivity index (χ4n) is 5.41. The van der Waals surface area contributed by atoms with Crippen LogP contribution in [0.3, 0.4) is 0 Å². The van der Waals surface area contributed by atoms with Gasteiger partial charge in [0.25, 0.3) is 26.5 Å². The van der Waals surface area contributed by atoms with Gasteiger partial charge in [0.2, 0.25) is 0 Å². The minimum Gasteiger partial charge on any atom is -0.506 e. The molecule has 22 nitrogen and oxygen atoms in total. The Labute approximate surface area is 339 Å². The predicted octanol–water partition coefficient (Wildman–Crippen LogP) is 7.85. The molecule has 2 atom stereocenters. The fourth-order valence-corrected chi connectivity index (χ4v) is 7.32. The molecule has 303 valence electrons. The zero-order chi connectivity index (χ0) is 41.4. The van der Waals surface area contributed by atoms with E-state index in [1.165, 1.54) is 37.4 Å². The molecule has 0 fully saturated rings. The van der Waals surface area contributed by atoms with Gasteiger partial charge in [-0.3, -0.25) is 9.11 Å². The van der Waals surface area contributed by atoms with Crippen molar-refractivity contribution in [2.24, 2.45) is 35.7 Å². The summed E-state index contributed by atoms with van der Waals surface area (Å²) in [5.41, 5.74) is -1.11. The number of amidine groups is 1. The van der Waals surface area contributed by atoms with Crippen molar-refractivity contribution in [2.45, 2.75) is 27.1 Å². The van der Waals surface area contributed by atoms with Crippen LogP contribution in [0.15, 0.2) is 117 Å². The van der Waals surface area contributed by atoms with Gasteiger partial charge in [0, 0.05) is 45.4 Å². The molecule has 58 heavy (non-hydrogen) atoms. The molecular weight excluding hydrogens is 876 g/mol. The Kier molecular flexibility index (Phi) is 12.2.